The van der Waals surface area contributed by atoms with Crippen molar-refractivity contribution in [3.8, 4) is 0 Å². The molecule has 0 aliphatic carbocycles. The Hall–Kier alpha value is -2.19. The second kappa shape index (κ2) is 9.54. The summed E-state index contributed by atoms with van der Waals surface area (Å²) in [6.45, 7) is 11.0. The molecule has 154 valence electrons. The Morgan fingerprint density at radius 3 is 2.52 bits per heavy atom. The summed E-state index contributed by atoms with van der Waals surface area (Å²) < 4.78 is 2.14. The summed E-state index contributed by atoms with van der Waals surface area (Å²) in [5.74, 6) is 1.30. The lowest BCUT2D eigenvalue weighted by molar-refractivity contribution is -0.115. The number of thiazole rings is 1. The van der Waals surface area contributed by atoms with Crippen molar-refractivity contribution in [3.63, 3.8) is 0 Å². The minimum Gasteiger partial charge on any atom is -0.305 e. The van der Waals surface area contributed by atoms with E-state index >= 15 is 0 Å². The lowest BCUT2D eigenvalue weighted by atomic mass is 10.1. The van der Waals surface area contributed by atoms with Gasteiger partial charge in [-0.2, -0.15) is 0 Å². The number of hydrogen-bond acceptors (Lipinski definition) is 6. The lowest BCUT2D eigenvalue weighted by Crippen LogP contribution is -2.23. The highest BCUT2D eigenvalue weighted by Gasteiger charge is 2.22. The summed E-state index contributed by atoms with van der Waals surface area (Å²) >= 11 is 2.93. The molecule has 0 saturated carbocycles. The molecule has 0 aliphatic heterocycles. The Morgan fingerprint density at radius 2 is 1.90 bits per heavy atom. The van der Waals surface area contributed by atoms with Gasteiger partial charge in [0.25, 0.3) is 0 Å². The molecule has 0 bridgehead atoms. The standard InChI is InChI=1S/C21H27N5OS2/c1-13(2)12-26-18(11-17-9-7-6-8-10-17)24-25-21(26)29-16(5)19(27)23-20-22-14(3)15(4)28-20/h6-10,13,16H,11-12H2,1-5H3,(H,22,23,27). The molecule has 3 aromatic rings. The molecular weight excluding hydrogens is 402 g/mol. The fourth-order valence-electron chi connectivity index (χ4n) is 2.81. The fraction of sp³-hybridized carbons (Fsp3) is 0.429. The number of amides is 1. The number of carbonyl (C=O) groups is 1. The van der Waals surface area contributed by atoms with E-state index in [0.29, 0.717) is 11.0 Å². The molecule has 0 spiro atoms. The molecule has 0 aliphatic rings. The molecule has 1 N–H and O–H groups in total. The minimum atomic E-state index is -0.306. The van der Waals surface area contributed by atoms with E-state index in [4.69, 9.17) is 0 Å². The molecule has 8 heteroatoms. The van der Waals surface area contributed by atoms with Crippen LogP contribution in [-0.4, -0.2) is 30.9 Å². The van der Waals surface area contributed by atoms with Gasteiger partial charge >= 0.3 is 0 Å². The van der Waals surface area contributed by atoms with Crippen molar-refractivity contribution >= 4 is 34.1 Å². The molecule has 1 unspecified atom stereocenters. The maximum Gasteiger partial charge on any atom is 0.239 e. The molecule has 3 rings (SSSR count). The predicted molar refractivity (Wildman–Crippen MR) is 120 cm³/mol. The molecule has 0 fully saturated rings. The minimum absolute atomic E-state index is 0.0764. The van der Waals surface area contributed by atoms with Gasteiger partial charge in [0.05, 0.1) is 10.9 Å². The van der Waals surface area contributed by atoms with Crippen molar-refractivity contribution in [1.29, 1.82) is 0 Å². The van der Waals surface area contributed by atoms with Crippen LogP contribution in [0, 0.1) is 19.8 Å². The van der Waals surface area contributed by atoms with E-state index in [2.05, 4.69) is 51.0 Å². The number of benzene rings is 1. The molecule has 1 amide bonds. The highest BCUT2D eigenvalue weighted by atomic mass is 32.2. The third-order valence-corrected chi connectivity index (χ3v) is 6.53. The van der Waals surface area contributed by atoms with Crippen molar-refractivity contribution in [3.05, 3.63) is 52.3 Å². The number of aryl methyl sites for hydroxylation is 2. The van der Waals surface area contributed by atoms with Crippen molar-refractivity contribution in [2.45, 2.75) is 58.0 Å². The van der Waals surface area contributed by atoms with Crippen LogP contribution in [-0.2, 0) is 17.8 Å². The van der Waals surface area contributed by atoms with Gasteiger partial charge in [-0.25, -0.2) is 4.98 Å². The zero-order valence-electron chi connectivity index (χ0n) is 17.5. The molecule has 0 radical (unpaired) electrons. The summed E-state index contributed by atoms with van der Waals surface area (Å²) in [5.41, 5.74) is 2.15. The monoisotopic (exact) mass is 429 g/mol. The first-order chi connectivity index (χ1) is 13.8. The Bertz CT molecular complexity index is 945. The summed E-state index contributed by atoms with van der Waals surface area (Å²) in [5, 5.41) is 12.9. The number of nitrogens with one attached hydrogen (secondary N) is 1. The Morgan fingerprint density at radius 1 is 1.17 bits per heavy atom. The third kappa shape index (κ3) is 5.67. The first-order valence-corrected chi connectivity index (χ1v) is 11.4. The van der Waals surface area contributed by atoms with E-state index in [9.17, 15) is 4.79 Å². The predicted octanol–water partition coefficient (Wildman–Crippen LogP) is 4.72. The number of nitrogens with zero attached hydrogens (tertiary/aromatic N) is 4. The topological polar surface area (TPSA) is 72.7 Å². The van der Waals surface area contributed by atoms with E-state index in [-0.39, 0.29) is 11.2 Å². The third-order valence-electron chi connectivity index (χ3n) is 4.46. The molecule has 0 saturated heterocycles. The van der Waals surface area contributed by atoms with Crippen LogP contribution in [0.15, 0.2) is 35.5 Å². The largest absolute Gasteiger partial charge is 0.305 e. The van der Waals surface area contributed by atoms with Crippen molar-refractivity contribution < 1.29 is 4.79 Å². The zero-order chi connectivity index (χ0) is 21.0. The van der Waals surface area contributed by atoms with Crippen LogP contribution in [0.4, 0.5) is 5.13 Å². The van der Waals surface area contributed by atoms with Crippen LogP contribution in [0.2, 0.25) is 0 Å². The van der Waals surface area contributed by atoms with Gasteiger partial charge in [-0.1, -0.05) is 55.9 Å². The average Bonchev–Trinajstić information content (AvgIpc) is 3.18. The number of rotatable bonds is 8. The maximum atomic E-state index is 12.6. The molecule has 1 aromatic carbocycles. The average molecular weight is 430 g/mol. The highest BCUT2D eigenvalue weighted by Crippen LogP contribution is 2.27. The van der Waals surface area contributed by atoms with Crippen molar-refractivity contribution in [2.75, 3.05) is 5.32 Å². The molecule has 2 heterocycles. The molecule has 2 aromatic heterocycles. The second-order valence-electron chi connectivity index (χ2n) is 7.48. The number of anilines is 1. The fourth-order valence-corrected chi connectivity index (χ4v) is 4.50. The summed E-state index contributed by atoms with van der Waals surface area (Å²) in [6, 6.07) is 10.3. The van der Waals surface area contributed by atoms with E-state index in [1.54, 1.807) is 0 Å². The van der Waals surface area contributed by atoms with Crippen molar-refractivity contribution in [1.82, 2.24) is 19.7 Å². The molecule has 6 nitrogen and oxygen atoms in total. The Balaban J connectivity index is 1.73. The molecule has 29 heavy (non-hydrogen) atoms. The van der Waals surface area contributed by atoms with Crippen LogP contribution in [0.1, 0.15) is 42.7 Å². The summed E-state index contributed by atoms with van der Waals surface area (Å²) in [6.07, 6.45) is 0.722. The van der Waals surface area contributed by atoms with Gasteiger partial charge in [-0.15, -0.1) is 21.5 Å². The Labute approximate surface area is 180 Å². The maximum absolute atomic E-state index is 12.6. The highest BCUT2D eigenvalue weighted by molar-refractivity contribution is 8.00. The number of aromatic nitrogens is 4. The van der Waals surface area contributed by atoms with Gasteiger partial charge in [0.2, 0.25) is 5.91 Å². The van der Waals surface area contributed by atoms with Crippen LogP contribution in [0.3, 0.4) is 0 Å². The van der Waals surface area contributed by atoms with Crippen LogP contribution in [0.5, 0.6) is 0 Å². The van der Waals surface area contributed by atoms with Crippen molar-refractivity contribution in [2.24, 2.45) is 5.92 Å². The number of carbonyl (C=O) groups excluding carboxylic acids is 1. The number of thioether (sulfide) groups is 1. The molecule has 1 atom stereocenters. The lowest BCUT2D eigenvalue weighted by Gasteiger charge is -2.14. The smallest absolute Gasteiger partial charge is 0.239 e. The Kier molecular flexibility index (Phi) is 7.08. The van der Waals surface area contributed by atoms with Gasteiger partial charge < -0.3 is 9.88 Å². The van der Waals surface area contributed by atoms with Gasteiger partial charge in [0.1, 0.15) is 5.82 Å². The number of hydrogen-bond donors (Lipinski definition) is 1. The zero-order valence-corrected chi connectivity index (χ0v) is 19.1. The molecular formula is C21H27N5OS2. The van der Waals surface area contributed by atoms with Gasteiger partial charge in [-0.05, 0) is 32.3 Å². The van der Waals surface area contributed by atoms with E-state index in [1.165, 1.54) is 28.7 Å². The van der Waals surface area contributed by atoms with Crippen LogP contribution in [0.25, 0.3) is 0 Å². The summed E-state index contributed by atoms with van der Waals surface area (Å²) in [4.78, 5) is 18.2. The van der Waals surface area contributed by atoms with E-state index in [0.717, 1.165) is 34.5 Å². The van der Waals surface area contributed by atoms with E-state index < -0.39 is 0 Å². The first kappa shape index (κ1) is 21.5. The van der Waals surface area contributed by atoms with Crippen LogP contribution >= 0.6 is 23.1 Å². The SMILES string of the molecule is Cc1nc(NC(=O)C(C)Sc2nnc(Cc3ccccc3)n2CC(C)C)sc1C. The van der Waals surface area contributed by atoms with Gasteiger partial charge in [0, 0.05) is 17.8 Å². The van der Waals surface area contributed by atoms with Gasteiger partial charge in [0.15, 0.2) is 10.3 Å². The second-order valence-corrected chi connectivity index (χ2v) is 9.99. The van der Waals surface area contributed by atoms with Crippen LogP contribution < -0.4 is 5.32 Å². The quantitative estimate of drug-likeness (QED) is 0.525. The normalized spacial score (nSPS) is 12.3. The summed E-state index contributed by atoms with van der Waals surface area (Å²) in [7, 11) is 0. The first-order valence-electron chi connectivity index (χ1n) is 9.71. The van der Waals surface area contributed by atoms with Gasteiger partial charge in [-0.3, -0.25) is 4.79 Å². The van der Waals surface area contributed by atoms with E-state index in [1.807, 2.05) is 39.0 Å².